The molecule has 0 spiro atoms. The third-order valence-electron chi connectivity index (χ3n) is 3.64. The first kappa shape index (κ1) is 17.1. The molecule has 0 aromatic heterocycles. The Hall–Kier alpha value is -2.24. The largest absolute Gasteiger partial charge is 0.496 e. The summed E-state index contributed by atoms with van der Waals surface area (Å²) in [6, 6.07) is 13.2. The highest BCUT2D eigenvalue weighted by Crippen LogP contribution is 2.29. The maximum absolute atomic E-state index is 10.3. The molecule has 5 heteroatoms. The first-order valence-corrected chi connectivity index (χ1v) is 7.42. The van der Waals surface area contributed by atoms with Gasteiger partial charge in [-0.2, -0.15) is 0 Å². The highest BCUT2D eigenvalue weighted by Gasteiger charge is 2.12. The normalized spacial score (nSPS) is 11.8. The molecule has 0 amide bonds. The topological polar surface area (TPSA) is 60.0 Å². The molecule has 0 bridgehead atoms. The molecule has 2 aromatic rings. The van der Waals surface area contributed by atoms with Crippen molar-refractivity contribution in [3.8, 4) is 17.2 Å². The van der Waals surface area contributed by atoms with Gasteiger partial charge in [-0.25, -0.2) is 0 Å². The van der Waals surface area contributed by atoms with Gasteiger partial charge in [-0.3, -0.25) is 0 Å². The van der Waals surface area contributed by atoms with Crippen molar-refractivity contribution in [2.45, 2.75) is 12.6 Å². The molecule has 0 aliphatic carbocycles. The molecule has 0 aliphatic rings. The number of para-hydroxylation sites is 1. The van der Waals surface area contributed by atoms with Gasteiger partial charge < -0.3 is 24.6 Å². The molecule has 2 N–H and O–H groups in total. The zero-order valence-electron chi connectivity index (χ0n) is 13.7. The van der Waals surface area contributed by atoms with Crippen molar-refractivity contribution < 1.29 is 19.3 Å². The lowest BCUT2D eigenvalue weighted by atomic mass is 10.1. The SMILES string of the molecule is COc1ccccc1CNCC(O)c1ccc(OC)c(OC)c1. The summed E-state index contributed by atoms with van der Waals surface area (Å²) in [6.07, 6.45) is -0.635. The Morgan fingerprint density at radius 1 is 0.913 bits per heavy atom. The van der Waals surface area contributed by atoms with Crippen molar-refractivity contribution in [3.63, 3.8) is 0 Å². The second-order valence-electron chi connectivity index (χ2n) is 5.07. The van der Waals surface area contributed by atoms with E-state index in [0.717, 1.165) is 16.9 Å². The molecule has 23 heavy (non-hydrogen) atoms. The van der Waals surface area contributed by atoms with Crippen LogP contribution in [0, 0.1) is 0 Å². The monoisotopic (exact) mass is 317 g/mol. The second-order valence-corrected chi connectivity index (χ2v) is 5.07. The number of methoxy groups -OCH3 is 3. The van der Waals surface area contributed by atoms with Crippen LogP contribution in [0.4, 0.5) is 0 Å². The van der Waals surface area contributed by atoms with Crippen LogP contribution in [0.2, 0.25) is 0 Å². The van der Waals surface area contributed by atoms with E-state index in [2.05, 4.69) is 5.32 Å². The van der Waals surface area contributed by atoms with E-state index in [1.54, 1.807) is 33.5 Å². The van der Waals surface area contributed by atoms with Crippen LogP contribution in [0.5, 0.6) is 17.2 Å². The van der Waals surface area contributed by atoms with Gasteiger partial charge in [-0.1, -0.05) is 24.3 Å². The summed E-state index contributed by atoms with van der Waals surface area (Å²) in [7, 11) is 4.81. The zero-order chi connectivity index (χ0) is 16.7. The Kier molecular flexibility index (Phi) is 6.26. The molecule has 5 nitrogen and oxygen atoms in total. The van der Waals surface area contributed by atoms with Gasteiger partial charge >= 0.3 is 0 Å². The molecule has 2 rings (SSSR count). The van der Waals surface area contributed by atoms with Crippen molar-refractivity contribution in [1.29, 1.82) is 0 Å². The molecule has 0 aliphatic heterocycles. The average Bonchev–Trinajstić information content (AvgIpc) is 2.61. The lowest BCUT2D eigenvalue weighted by Crippen LogP contribution is -2.21. The van der Waals surface area contributed by atoms with Crippen LogP contribution in [-0.2, 0) is 6.54 Å². The molecule has 1 atom stereocenters. The lowest BCUT2D eigenvalue weighted by molar-refractivity contribution is 0.173. The van der Waals surface area contributed by atoms with Crippen LogP contribution in [0.1, 0.15) is 17.2 Å². The first-order chi connectivity index (χ1) is 11.2. The highest BCUT2D eigenvalue weighted by atomic mass is 16.5. The number of nitrogens with one attached hydrogen (secondary N) is 1. The van der Waals surface area contributed by atoms with Crippen molar-refractivity contribution >= 4 is 0 Å². The fourth-order valence-corrected chi connectivity index (χ4v) is 2.37. The van der Waals surface area contributed by atoms with E-state index in [0.29, 0.717) is 24.6 Å². The Labute approximate surface area is 136 Å². The Morgan fingerprint density at radius 2 is 1.61 bits per heavy atom. The number of rotatable bonds is 8. The van der Waals surface area contributed by atoms with Crippen molar-refractivity contribution in [2.24, 2.45) is 0 Å². The zero-order valence-corrected chi connectivity index (χ0v) is 13.7. The van der Waals surface area contributed by atoms with Crippen LogP contribution >= 0.6 is 0 Å². The van der Waals surface area contributed by atoms with Crippen LogP contribution in [-0.4, -0.2) is 33.0 Å². The van der Waals surface area contributed by atoms with Crippen LogP contribution in [0.25, 0.3) is 0 Å². The summed E-state index contributed by atoms with van der Waals surface area (Å²) in [6.45, 7) is 1.04. The highest BCUT2D eigenvalue weighted by molar-refractivity contribution is 5.43. The minimum Gasteiger partial charge on any atom is -0.496 e. The first-order valence-electron chi connectivity index (χ1n) is 7.42. The quantitative estimate of drug-likeness (QED) is 0.783. The summed E-state index contributed by atoms with van der Waals surface area (Å²) < 4.78 is 15.8. The summed E-state index contributed by atoms with van der Waals surface area (Å²) in [4.78, 5) is 0. The minimum atomic E-state index is -0.635. The number of hydrogen-bond acceptors (Lipinski definition) is 5. The molecule has 0 radical (unpaired) electrons. The summed E-state index contributed by atoms with van der Waals surface area (Å²) in [5.74, 6) is 2.08. The van der Waals surface area contributed by atoms with E-state index in [4.69, 9.17) is 14.2 Å². The van der Waals surface area contributed by atoms with Gasteiger partial charge in [-0.05, 0) is 23.8 Å². The Bertz CT molecular complexity index is 630. The van der Waals surface area contributed by atoms with E-state index < -0.39 is 6.10 Å². The van der Waals surface area contributed by atoms with Gasteiger partial charge in [-0.15, -0.1) is 0 Å². The molecule has 0 saturated heterocycles. The number of ether oxygens (including phenoxy) is 3. The van der Waals surface area contributed by atoms with E-state index in [9.17, 15) is 5.11 Å². The van der Waals surface area contributed by atoms with E-state index >= 15 is 0 Å². The number of aliphatic hydroxyl groups is 1. The molecule has 1 unspecified atom stereocenters. The average molecular weight is 317 g/mol. The minimum absolute atomic E-state index is 0.424. The van der Waals surface area contributed by atoms with Gasteiger partial charge in [0.05, 0.1) is 27.4 Å². The number of benzene rings is 2. The van der Waals surface area contributed by atoms with Crippen molar-refractivity contribution in [1.82, 2.24) is 5.32 Å². The predicted octanol–water partition coefficient (Wildman–Crippen LogP) is 2.54. The van der Waals surface area contributed by atoms with Crippen LogP contribution < -0.4 is 19.5 Å². The standard InChI is InChI=1S/C18H23NO4/c1-21-16-7-5-4-6-14(16)11-19-12-15(20)13-8-9-17(22-2)18(10-13)23-3/h4-10,15,19-20H,11-12H2,1-3H3. The molecule has 124 valence electrons. The predicted molar refractivity (Wildman–Crippen MR) is 89.2 cm³/mol. The molecular formula is C18H23NO4. The van der Waals surface area contributed by atoms with Gasteiger partial charge in [0.15, 0.2) is 11.5 Å². The summed E-state index contributed by atoms with van der Waals surface area (Å²) in [5.41, 5.74) is 1.82. The maximum atomic E-state index is 10.3. The third kappa shape index (κ3) is 4.37. The Balaban J connectivity index is 1.95. The van der Waals surface area contributed by atoms with Crippen LogP contribution in [0.3, 0.4) is 0 Å². The van der Waals surface area contributed by atoms with Crippen molar-refractivity contribution in [3.05, 3.63) is 53.6 Å². The summed E-state index contributed by atoms with van der Waals surface area (Å²) >= 11 is 0. The lowest BCUT2D eigenvalue weighted by Gasteiger charge is -2.15. The molecule has 0 saturated carbocycles. The van der Waals surface area contributed by atoms with E-state index in [-0.39, 0.29) is 0 Å². The molecular weight excluding hydrogens is 294 g/mol. The van der Waals surface area contributed by atoms with Gasteiger partial charge in [0, 0.05) is 18.7 Å². The smallest absolute Gasteiger partial charge is 0.161 e. The number of aliphatic hydroxyl groups excluding tert-OH is 1. The third-order valence-corrected chi connectivity index (χ3v) is 3.64. The fourth-order valence-electron chi connectivity index (χ4n) is 2.37. The second kappa shape index (κ2) is 8.41. The van der Waals surface area contributed by atoms with Gasteiger partial charge in [0.25, 0.3) is 0 Å². The van der Waals surface area contributed by atoms with Crippen LogP contribution in [0.15, 0.2) is 42.5 Å². The fraction of sp³-hybridized carbons (Fsp3) is 0.333. The Morgan fingerprint density at radius 3 is 2.30 bits per heavy atom. The molecule has 2 aromatic carbocycles. The van der Waals surface area contributed by atoms with E-state index in [1.165, 1.54) is 0 Å². The van der Waals surface area contributed by atoms with E-state index in [1.807, 2.05) is 30.3 Å². The number of hydrogen-bond donors (Lipinski definition) is 2. The summed E-state index contributed by atoms with van der Waals surface area (Å²) in [5, 5.41) is 13.6. The van der Waals surface area contributed by atoms with Gasteiger partial charge in [0.1, 0.15) is 5.75 Å². The molecule has 0 fully saturated rings. The van der Waals surface area contributed by atoms with Gasteiger partial charge in [0.2, 0.25) is 0 Å². The van der Waals surface area contributed by atoms with Crippen molar-refractivity contribution in [2.75, 3.05) is 27.9 Å². The maximum Gasteiger partial charge on any atom is 0.161 e. The molecule has 0 heterocycles.